The standard InChI is InChI=1S/C29H28FN5O/c1-19-4-11-24(12-5-19)32-29-28(22-7-9-23(30)10-8-22)33-26-18-34(14-15-35(26)29)27(36)17-31-25-13-6-20(2)16-21(25)3/h4-16,31-32H,17-18H2,1-3H3. The van der Waals surface area contributed by atoms with Gasteiger partial charge in [-0.15, -0.1) is 0 Å². The molecule has 0 unspecified atom stereocenters. The molecule has 1 amide bonds. The van der Waals surface area contributed by atoms with Crippen LogP contribution >= 0.6 is 0 Å². The second kappa shape index (κ2) is 9.70. The lowest BCUT2D eigenvalue weighted by atomic mass is 10.1. The molecule has 6 nitrogen and oxygen atoms in total. The summed E-state index contributed by atoms with van der Waals surface area (Å²) in [5.74, 6) is 1.11. The SMILES string of the molecule is Cc1ccc(Nc2c(-c3ccc(F)cc3)nc3n2C=CN(C(=O)CNc2ccc(C)cc2C)C3)cc1. The summed E-state index contributed by atoms with van der Waals surface area (Å²) in [5, 5.41) is 6.71. The number of fused-ring (bicyclic) bond motifs is 1. The largest absolute Gasteiger partial charge is 0.376 e. The minimum Gasteiger partial charge on any atom is -0.376 e. The quantitative estimate of drug-likeness (QED) is 0.342. The number of aryl methyl sites for hydroxylation is 3. The highest BCUT2D eigenvalue weighted by Crippen LogP contribution is 2.33. The predicted molar refractivity (Wildman–Crippen MR) is 142 cm³/mol. The Bertz CT molecular complexity index is 1440. The molecule has 2 N–H and O–H groups in total. The Balaban J connectivity index is 1.40. The molecule has 182 valence electrons. The Morgan fingerprint density at radius 1 is 0.944 bits per heavy atom. The summed E-state index contributed by atoms with van der Waals surface area (Å²) in [7, 11) is 0. The molecular formula is C29H28FN5O. The highest BCUT2D eigenvalue weighted by molar-refractivity contribution is 5.84. The molecule has 7 heteroatoms. The van der Waals surface area contributed by atoms with Crippen LogP contribution in [0.25, 0.3) is 17.5 Å². The molecule has 0 bridgehead atoms. The van der Waals surface area contributed by atoms with E-state index in [1.54, 1.807) is 23.2 Å². The summed E-state index contributed by atoms with van der Waals surface area (Å²) in [6.07, 6.45) is 3.61. The molecule has 5 rings (SSSR count). The van der Waals surface area contributed by atoms with E-state index >= 15 is 0 Å². The van der Waals surface area contributed by atoms with Crippen LogP contribution in [0.1, 0.15) is 22.5 Å². The van der Waals surface area contributed by atoms with Crippen molar-refractivity contribution in [2.24, 2.45) is 0 Å². The molecule has 1 aliphatic heterocycles. The first kappa shape index (κ1) is 23.4. The minimum absolute atomic E-state index is 0.0585. The summed E-state index contributed by atoms with van der Waals surface area (Å²) >= 11 is 0. The fourth-order valence-electron chi connectivity index (χ4n) is 4.26. The summed E-state index contributed by atoms with van der Waals surface area (Å²) in [6.45, 7) is 6.61. The van der Waals surface area contributed by atoms with Gasteiger partial charge in [0.25, 0.3) is 0 Å². The van der Waals surface area contributed by atoms with Gasteiger partial charge in [0.2, 0.25) is 5.91 Å². The van der Waals surface area contributed by atoms with Crippen LogP contribution in [0.15, 0.2) is 72.9 Å². The zero-order valence-electron chi connectivity index (χ0n) is 20.5. The zero-order chi connectivity index (χ0) is 25.2. The number of halogens is 1. The molecule has 36 heavy (non-hydrogen) atoms. The van der Waals surface area contributed by atoms with Crippen molar-refractivity contribution < 1.29 is 9.18 Å². The third-order valence-corrected chi connectivity index (χ3v) is 6.26. The third kappa shape index (κ3) is 4.86. The van der Waals surface area contributed by atoms with E-state index in [2.05, 4.69) is 16.7 Å². The summed E-state index contributed by atoms with van der Waals surface area (Å²) in [6, 6.07) is 20.5. The number of benzene rings is 3. The maximum Gasteiger partial charge on any atom is 0.246 e. The van der Waals surface area contributed by atoms with Crippen LogP contribution in [0.5, 0.6) is 0 Å². The van der Waals surface area contributed by atoms with Crippen LogP contribution in [-0.4, -0.2) is 26.9 Å². The van der Waals surface area contributed by atoms with Crippen molar-refractivity contribution in [2.45, 2.75) is 27.3 Å². The average molecular weight is 482 g/mol. The van der Waals surface area contributed by atoms with E-state index in [1.165, 1.54) is 17.7 Å². The predicted octanol–water partition coefficient (Wildman–Crippen LogP) is 6.24. The highest BCUT2D eigenvalue weighted by atomic mass is 19.1. The van der Waals surface area contributed by atoms with E-state index in [4.69, 9.17) is 4.98 Å². The van der Waals surface area contributed by atoms with E-state index in [-0.39, 0.29) is 18.3 Å². The van der Waals surface area contributed by atoms with Crippen molar-refractivity contribution in [3.63, 3.8) is 0 Å². The van der Waals surface area contributed by atoms with Gasteiger partial charge in [0.15, 0.2) is 0 Å². The number of hydrogen-bond acceptors (Lipinski definition) is 4. The molecule has 2 heterocycles. The van der Waals surface area contributed by atoms with Crippen LogP contribution in [0.2, 0.25) is 0 Å². The maximum atomic E-state index is 13.6. The summed E-state index contributed by atoms with van der Waals surface area (Å²) < 4.78 is 15.5. The van der Waals surface area contributed by atoms with E-state index in [0.29, 0.717) is 18.1 Å². The molecule has 0 spiro atoms. The monoisotopic (exact) mass is 481 g/mol. The van der Waals surface area contributed by atoms with Crippen LogP contribution < -0.4 is 10.6 Å². The number of nitrogens with zero attached hydrogens (tertiary/aromatic N) is 3. The summed E-state index contributed by atoms with van der Waals surface area (Å²) in [5.41, 5.74) is 6.79. The zero-order valence-corrected chi connectivity index (χ0v) is 20.5. The van der Waals surface area contributed by atoms with Crippen molar-refractivity contribution in [1.82, 2.24) is 14.5 Å². The Morgan fingerprint density at radius 3 is 2.39 bits per heavy atom. The van der Waals surface area contributed by atoms with Crippen LogP contribution in [0.4, 0.5) is 21.6 Å². The van der Waals surface area contributed by atoms with Gasteiger partial charge in [0.05, 0.1) is 13.1 Å². The van der Waals surface area contributed by atoms with Gasteiger partial charge in [-0.1, -0.05) is 35.4 Å². The fourth-order valence-corrected chi connectivity index (χ4v) is 4.26. The number of nitrogens with one attached hydrogen (secondary N) is 2. The van der Waals surface area contributed by atoms with E-state index in [9.17, 15) is 9.18 Å². The first-order chi connectivity index (χ1) is 17.4. The number of carbonyl (C=O) groups is 1. The van der Waals surface area contributed by atoms with Crippen molar-refractivity contribution in [3.05, 3.63) is 101 Å². The van der Waals surface area contributed by atoms with Crippen LogP contribution in [0.3, 0.4) is 0 Å². The van der Waals surface area contributed by atoms with E-state index < -0.39 is 0 Å². The van der Waals surface area contributed by atoms with Gasteiger partial charge < -0.3 is 15.5 Å². The van der Waals surface area contributed by atoms with Crippen molar-refractivity contribution in [1.29, 1.82) is 0 Å². The van der Waals surface area contributed by atoms with Crippen molar-refractivity contribution in [3.8, 4) is 11.3 Å². The second-order valence-electron chi connectivity index (χ2n) is 9.08. The van der Waals surface area contributed by atoms with Crippen LogP contribution in [0, 0.1) is 26.6 Å². The Hall–Kier alpha value is -4.39. The van der Waals surface area contributed by atoms with Crippen LogP contribution in [-0.2, 0) is 11.3 Å². The maximum absolute atomic E-state index is 13.6. The number of hydrogen-bond donors (Lipinski definition) is 2. The molecule has 0 fully saturated rings. The molecule has 1 aliphatic rings. The summed E-state index contributed by atoms with van der Waals surface area (Å²) in [4.78, 5) is 19.5. The number of carbonyl (C=O) groups excluding carboxylic acids is 1. The van der Waals surface area contributed by atoms with E-state index in [1.807, 2.05) is 67.9 Å². The van der Waals surface area contributed by atoms with Gasteiger partial charge in [-0.05, 0) is 68.8 Å². The Morgan fingerprint density at radius 2 is 1.67 bits per heavy atom. The van der Waals surface area contributed by atoms with Gasteiger partial charge in [0, 0.05) is 29.3 Å². The van der Waals surface area contributed by atoms with Gasteiger partial charge in [-0.25, -0.2) is 9.37 Å². The topological polar surface area (TPSA) is 62.2 Å². The van der Waals surface area contributed by atoms with E-state index in [0.717, 1.165) is 33.9 Å². The van der Waals surface area contributed by atoms with Gasteiger partial charge in [-0.2, -0.15) is 0 Å². The Labute approximate surface area is 210 Å². The molecule has 4 aromatic rings. The number of amides is 1. The molecule has 0 aliphatic carbocycles. The Kier molecular flexibility index (Phi) is 6.29. The number of anilines is 3. The molecule has 0 radical (unpaired) electrons. The lowest BCUT2D eigenvalue weighted by Gasteiger charge is -2.23. The molecule has 0 atom stereocenters. The number of rotatable bonds is 6. The molecule has 0 saturated heterocycles. The normalized spacial score (nSPS) is 12.4. The number of aromatic nitrogens is 2. The lowest BCUT2D eigenvalue weighted by Crippen LogP contribution is -2.33. The molecular weight excluding hydrogens is 453 g/mol. The third-order valence-electron chi connectivity index (χ3n) is 6.26. The highest BCUT2D eigenvalue weighted by Gasteiger charge is 2.24. The molecule has 3 aromatic carbocycles. The lowest BCUT2D eigenvalue weighted by molar-refractivity contribution is -0.127. The second-order valence-corrected chi connectivity index (χ2v) is 9.08. The number of imidazole rings is 1. The fraction of sp³-hybridized carbons (Fsp3) is 0.172. The van der Waals surface area contributed by atoms with Gasteiger partial charge in [0.1, 0.15) is 23.2 Å². The van der Waals surface area contributed by atoms with Crippen molar-refractivity contribution >= 4 is 29.3 Å². The first-order valence-electron chi connectivity index (χ1n) is 11.9. The molecule has 0 saturated carbocycles. The minimum atomic E-state index is -0.302. The van der Waals surface area contributed by atoms with Gasteiger partial charge >= 0.3 is 0 Å². The first-order valence-corrected chi connectivity index (χ1v) is 11.9. The molecule has 1 aromatic heterocycles. The average Bonchev–Trinajstić information content (AvgIpc) is 3.22. The smallest absolute Gasteiger partial charge is 0.246 e. The van der Waals surface area contributed by atoms with Crippen molar-refractivity contribution in [2.75, 3.05) is 17.2 Å². The van der Waals surface area contributed by atoms with Gasteiger partial charge in [-0.3, -0.25) is 9.36 Å².